The second-order valence-electron chi connectivity index (χ2n) is 3.17. The van der Waals surface area contributed by atoms with E-state index in [0.717, 1.165) is 6.42 Å². The number of allylic oxidation sites excluding steroid dienone is 4. The van der Waals surface area contributed by atoms with Gasteiger partial charge in [0, 0.05) is 0 Å². The van der Waals surface area contributed by atoms with Crippen molar-refractivity contribution in [2.75, 3.05) is 0 Å². The predicted molar refractivity (Wildman–Crippen MR) is 55.7 cm³/mol. The minimum Gasteiger partial charge on any atom is -0.300 e. The first kappa shape index (κ1) is 10.9. The van der Waals surface area contributed by atoms with Gasteiger partial charge in [-0.25, -0.2) is 0 Å². The van der Waals surface area contributed by atoms with Crippen molar-refractivity contribution >= 4 is 5.71 Å². The molecule has 0 amide bonds. The van der Waals surface area contributed by atoms with Gasteiger partial charge in [0.25, 0.3) is 0 Å². The Hall–Kier alpha value is -1.11. The first-order chi connectivity index (χ1) is 5.57. The molecule has 0 aliphatic heterocycles. The van der Waals surface area contributed by atoms with Crippen LogP contribution in [0.2, 0.25) is 0 Å². The molecule has 66 valence electrons. The molecule has 0 aliphatic rings. The topological polar surface area (TPSA) is 23.9 Å². The summed E-state index contributed by atoms with van der Waals surface area (Å²) in [6.45, 7) is 11.5. The monoisotopic (exact) mass is 163 g/mol. The molecular weight excluding hydrogens is 146 g/mol. The van der Waals surface area contributed by atoms with Gasteiger partial charge in [0.15, 0.2) is 0 Å². The van der Waals surface area contributed by atoms with Crippen molar-refractivity contribution in [3.63, 3.8) is 0 Å². The molecule has 0 aromatic carbocycles. The van der Waals surface area contributed by atoms with E-state index in [4.69, 9.17) is 5.41 Å². The van der Waals surface area contributed by atoms with Crippen molar-refractivity contribution in [2.24, 2.45) is 5.92 Å². The Labute approximate surface area is 75.0 Å². The highest BCUT2D eigenvalue weighted by Crippen LogP contribution is 2.02. The molecule has 0 radical (unpaired) electrons. The summed E-state index contributed by atoms with van der Waals surface area (Å²) in [5.74, 6) is 0.644. The van der Waals surface area contributed by atoms with Crippen LogP contribution < -0.4 is 0 Å². The third-order valence-corrected chi connectivity index (χ3v) is 1.48. The van der Waals surface area contributed by atoms with Crippen molar-refractivity contribution < 1.29 is 0 Å². The highest BCUT2D eigenvalue weighted by Gasteiger charge is 1.92. The fourth-order valence-electron chi connectivity index (χ4n) is 0.675. The van der Waals surface area contributed by atoms with Crippen LogP contribution in [0.25, 0.3) is 0 Å². The third kappa shape index (κ3) is 4.67. The smallest absolute Gasteiger partial charge is 0.0602 e. The van der Waals surface area contributed by atoms with Crippen molar-refractivity contribution in [1.29, 1.82) is 5.41 Å². The molecule has 0 aromatic rings. The van der Waals surface area contributed by atoms with E-state index < -0.39 is 0 Å². The standard InChI is InChI=1S/C11H17N/c1-5-10(4)11(12)8-6-7-9(2)3/h5-6,8-9,12H,1,4,7H2,2-3H3/b8-6-,12-11?. The molecule has 0 saturated carbocycles. The Bertz CT molecular complexity index is 209. The van der Waals surface area contributed by atoms with Crippen LogP contribution in [0.15, 0.2) is 37.0 Å². The summed E-state index contributed by atoms with van der Waals surface area (Å²) in [6.07, 6.45) is 6.39. The molecule has 1 nitrogen and oxygen atoms in total. The predicted octanol–water partition coefficient (Wildman–Crippen LogP) is 3.35. The Morgan fingerprint density at radius 3 is 2.50 bits per heavy atom. The summed E-state index contributed by atoms with van der Waals surface area (Å²) in [4.78, 5) is 0. The van der Waals surface area contributed by atoms with Gasteiger partial charge < -0.3 is 5.41 Å². The maximum atomic E-state index is 7.48. The van der Waals surface area contributed by atoms with Crippen molar-refractivity contribution in [3.8, 4) is 0 Å². The Morgan fingerprint density at radius 1 is 1.50 bits per heavy atom. The number of hydrogen-bond donors (Lipinski definition) is 1. The molecule has 0 heterocycles. The highest BCUT2D eigenvalue weighted by atomic mass is 14.4. The van der Waals surface area contributed by atoms with Crippen molar-refractivity contribution in [2.45, 2.75) is 20.3 Å². The highest BCUT2D eigenvalue weighted by molar-refractivity contribution is 6.07. The average molecular weight is 163 g/mol. The summed E-state index contributed by atoms with van der Waals surface area (Å²) in [7, 11) is 0. The van der Waals surface area contributed by atoms with Gasteiger partial charge in [-0.05, 0) is 24.0 Å². The first-order valence-corrected chi connectivity index (χ1v) is 4.14. The first-order valence-electron chi connectivity index (χ1n) is 4.14. The minimum atomic E-state index is 0.450. The zero-order valence-electron chi connectivity index (χ0n) is 7.93. The summed E-state index contributed by atoms with van der Waals surface area (Å²) < 4.78 is 0. The molecule has 0 saturated heterocycles. The molecule has 1 heteroatoms. The van der Waals surface area contributed by atoms with Crippen molar-refractivity contribution in [3.05, 3.63) is 37.0 Å². The normalized spacial score (nSPS) is 10.6. The Morgan fingerprint density at radius 2 is 2.08 bits per heavy atom. The molecule has 0 spiro atoms. The van der Waals surface area contributed by atoms with Crippen LogP contribution in [-0.2, 0) is 0 Å². The fourth-order valence-corrected chi connectivity index (χ4v) is 0.675. The molecule has 0 unspecified atom stereocenters. The van der Waals surface area contributed by atoms with Gasteiger partial charge in [-0.1, -0.05) is 39.2 Å². The molecule has 0 bridgehead atoms. The van der Waals surface area contributed by atoms with E-state index in [1.165, 1.54) is 0 Å². The second-order valence-corrected chi connectivity index (χ2v) is 3.17. The van der Waals surface area contributed by atoms with Gasteiger partial charge in [0.05, 0.1) is 5.71 Å². The maximum Gasteiger partial charge on any atom is 0.0602 e. The summed E-state index contributed by atoms with van der Waals surface area (Å²) in [5, 5.41) is 7.48. The lowest BCUT2D eigenvalue weighted by molar-refractivity contribution is 0.664. The van der Waals surface area contributed by atoms with Gasteiger partial charge in [0.1, 0.15) is 0 Å². The molecule has 12 heavy (non-hydrogen) atoms. The molecule has 0 aliphatic carbocycles. The van der Waals surface area contributed by atoms with Crippen LogP contribution in [0.1, 0.15) is 20.3 Å². The second kappa shape index (κ2) is 5.53. The van der Waals surface area contributed by atoms with Crippen LogP contribution in [0, 0.1) is 11.3 Å². The van der Waals surface area contributed by atoms with Crippen LogP contribution in [-0.4, -0.2) is 5.71 Å². The summed E-state index contributed by atoms with van der Waals surface area (Å²) >= 11 is 0. The quantitative estimate of drug-likeness (QED) is 0.474. The van der Waals surface area contributed by atoms with Gasteiger partial charge in [-0.3, -0.25) is 0 Å². The third-order valence-electron chi connectivity index (χ3n) is 1.48. The summed E-state index contributed by atoms with van der Waals surface area (Å²) in [6, 6.07) is 0. The van der Waals surface area contributed by atoms with E-state index in [2.05, 4.69) is 27.0 Å². The minimum absolute atomic E-state index is 0.450. The van der Waals surface area contributed by atoms with E-state index in [0.29, 0.717) is 17.2 Å². The van der Waals surface area contributed by atoms with Gasteiger partial charge in [-0.2, -0.15) is 0 Å². The van der Waals surface area contributed by atoms with Gasteiger partial charge >= 0.3 is 0 Å². The molecular formula is C11H17N. The fraction of sp³-hybridized carbons (Fsp3) is 0.364. The lowest BCUT2D eigenvalue weighted by Crippen LogP contribution is -1.92. The van der Waals surface area contributed by atoms with E-state index in [9.17, 15) is 0 Å². The Balaban J connectivity index is 3.92. The van der Waals surface area contributed by atoms with Crippen LogP contribution >= 0.6 is 0 Å². The molecule has 0 atom stereocenters. The number of hydrogen-bond acceptors (Lipinski definition) is 1. The SMILES string of the molecule is C=CC(=C)C(=N)/C=C\CC(C)C. The molecule has 0 rings (SSSR count). The van der Waals surface area contributed by atoms with Gasteiger partial charge in [0.2, 0.25) is 0 Å². The zero-order valence-corrected chi connectivity index (χ0v) is 7.93. The average Bonchev–Trinajstić information content (AvgIpc) is 2.02. The summed E-state index contributed by atoms with van der Waals surface area (Å²) in [5.41, 5.74) is 1.13. The van der Waals surface area contributed by atoms with E-state index in [-0.39, 0.29) is 0 Å². The van der Waals surface area contributed by atoms with Crippen LogP contribution in [0.5, 0.6) is 0 Å². The lowest BCUT2D eigenvalue weighted by Gasteiger charge is -1.98. The van der Waals surface area contributed by atoms with Gasteiger partial charge in [-0.15, -0.1) is 0 Å². The van der Waals surface area contributed by atoms with Crippen LogP contribution in [0.3, 0.4) is 0 Å². The van der Waals surface area contributed by atoms with E-state index >= 15 is 0 Å². The zero-order chi connectivity index (χ0) is 9.56. The maximum absolute atomic E-state index is 7.48. The number of rotatable bonds is 5. The van der Waals surface area contributed by atoms with E-state index in [1.54, 1.807) is 12.2 Å². The lowest BCUT2D eigenvalue weighted by atomic mass is 10.1. The molecule has 0 fully saturated rings. The molecule has 0 aromatic heterocycles. The largest absolute Gasteiger partial charge is 0.300 e. The van der Waals surface area contributed by atoms with Crippen molar-refractivity contribution in [1.82, 2.24) is 0 Å². The number of nitrogens with one attached hydrogen (secondary N) is 1. The van der Waals surface area contributed by atoms with E-state index in [1.807, 2.05) is 6.08 Å². The molecule has 1 N–H and O–H groups in total. The van der Waals surface area contributed by atoms with Crippen LogP contribution in [0.4, 0.5) is 0 Å². The Kier molecular flexibility index (Phi) is 5.02.